The van der Waals surface area contributed by atoms with Crippen LogP contribution in [0.3, 0.4) is 0 Å². The number of benzene rings is 1. The van der Waals surface area contributed by atoms with Crippen molar-refractivity contribution >= 4 is 18.3 Å². The van der Waals surface area contributed by atoms with E-state index in [9.17, 15) is 18.0 Å². The first-order valence-electron chi connectivity index (χ1n) is 8.40. The Labute approximate surface area is 157 Å². The average Bonchev–Trinajstić information content (AvgIpc) is 2.60. The first-order valence-corrected chi connectivity index (χ1v) is 8.40. The zero-order valence-corrected chi connectivity index (χ0v) is 15.5. The molecule has 0 saturated carbocycles. The van der Waals surface area contributed by atoms with Gasteiger partial charge in [0.05, 0.1) is 0 Å². The van der Waals surface area contributed by atoms with Gasteiger partial charge in [-0.15, -0.1) is 12.4 Å². The molecule has 2 N–H and O–H groups in total. The first-order chi connectivity index (χ1) is 11.9. The number of nitrogens with zero attached hydrogens (tertiary/aromatic N) is 1. The van der Waals surface area contributed by atoms with E-state index in [1.54, 1.807) is 12.1 Å². The number of halogens is 4. The summed E-state index contributed by atoms with van der Waals surface area (Å²) in [6.07, 6.45) is -3.49. The molecule has 2 rings (SSSR count). The molecule has 1 fully saturated rings. The molecule has 0 aromatic heterocycles. The topological polar surface area (TPSA) is 53.6 Å². The lowest BCUT2D eigenvalue weighted by atomic mass is 10.2. The fourth-order valence-electron chi connectivity index (χ4n) is 2.68. The maximum atomic E-state index is 13.2. The fraction of sp³-hybridized carbons (Fsp3) is 0.588. The van der Waals surface area contributed by atoms with Crippen LogP contribution in [-0.2, 0) is 11.2 Å². The Morgan fingerprint density at radius 2 is 1.88 bits per heavy atom. The van der Waals surface area contributed by atoms with Crippen LogP contribution < -0.4 is 15.4 Å². The second-order valence-corrected chi connectivity index (χ2v) is 5.93. The van der Waals surface area contributed by atoms with E-state index < -0.39 is 24.7 Å². The molecule has 1 heterocycles. The Morgan fingerprint density at radius 1 is 1.27 bits per heavy atom. The third-order valence-electron chi connectivity index (χ3n) is 4.16. The van der Waals surface area contributed by atoms with Crippen molar-refractivity contribution in [2.75, 3.05) is 39.3 Å². The zero-order valence-electron chi connectivity index (χ0n) is 14.6. The van der Waals surface area contributed by atoms with Crippen LogP contribution in [-0.4, -0.2) is 62.4 Å². The molecular formula is C17H25ClF3N3O2. The van der Waals surface area contributed by atoms with Crippen LogP contribution in [0, 0.1) is 0 Å². The highest BCUT2D eigenvalue weighted by molar-refractivity contribution is 5.85. The van der Waals surface area contributed by atoms with Crippen LogP contribution in [0.25, 0.3) is 0 Å². The molecule has 1 atom stereocenters. The summed E-state index contributed by atoms with van der Waals surface area (Å²) in [6.45, 7) is 2.88. The average molecular weight is 396 g/mol. The second-order valence-electron chi connectivity index (χ2n) is 5.93. The number of alkyl halides is 3. The smallest absolute Gasteiger partial charge is 0.405 e. The van der Waals surface area contributed by atoms with Gasteiger partial charge in [0.2, 0.25) is 0 Å². The number of nitrogens with one attached hydrogen (secondary N) is 2. The summed E-state index contributed by atoms with van der Waals surface area (Å²) in [5.74, 6) is -0.0502. The summed E-state index contributed by atoms with van der Waals surface area (Å²) in [5.41, 5.74) is 1.14. The zero-order chi connectivity index (χ0) is 18.3. The van der Waals surface area contributed by atoms with Gasteiger partial charge in [-0.25, -0.2) is 0 Å². The Kier molecular flexibility index (Phi) is 9.18. The van der Waals surface area contributed by atoms with E-state index in [0.717, 1.165) is 12.0 Å². The van der Waals surface area contributed by atoms with Crippen molar-refractivity contribution in [1.82, 2.24) is 15.5 Å². The lowest BCUT2D eigenvalue weighted by molar-refractivity contribution is -0.184. The van der Waals surface area contributed by atoms with Crippen LogP contribution in [0.4, 0.5) is 13.2 Å². The van der Waals surface area contributed by atoms with Crippen molar-refractivity contribution in [1.29, 1.82) is 0 Å². The maximum Gasteiger partial charge on any atom is 0.405 e. The van der Waals surface area contributed by atoms with E-state index in [4.69, 9.17) is 4.74 Å². The van der Waals surface area contributed by atoms with E-state index >= 15 is 0 Å². The lowest BCUT2D eigenvalue weighted by Gasteiger charge is -2.35. The van der Waals surface area contributed by atoms with Crippen molar-refractivity contribution in [3.8, 4) is 5.75 Å². The SMILES string of the molecule is CCc1ccc(OCC(=O)NCC(N2CCNCC2)C(F)(F)F)cc1.Cl. The van der Waals surface area contributed by atoms with E-state index in [2.05, 4.69) is 10.6 Å². The predicted octanol–water partition coefficient (Wildman–Crippen LogP) is 2.00. The molecule has 0 aliphatic carbocycles. The van der Waals surface area contributed by atoms with Crippen LogP contribution >= 0.6 is 12.4 Å². The summed E-state index contributed by atoms with van der Waals surface area (Å²) in [6, 6.07) is 5.58. The van der Waals surface area contributed by atoms with Crippen LogP contribution in [0.1, 0.15) is 12.5 Å². The van der Waals surface area contributed by atoms with Gasteiger partial charge in [0.1, 0.15) is 11.8 Å². The number of carbonyl (C=O) groups is 1. The molecule has 148 valence electrons. The molecule has 0 bridgehead atoms. The van der Waals surface area contributed by atoms with Gasteiger partial charge in [-0.2, -0.15) is 13.2 Å². The molecule has 0 spiro atoms. The Morgan fingerprint density at radius 3 is 2.42 bits per heavy atom. The molecule has 1 aliphatic heterocycles. The monoisotopic (exact) mass is 395 g/mol. The molecule has 5 nitrogen and oxygen atoms in total. The number of hydrogen-bond donors (Lipinski definition) is 2. The normalized spacial score (nSPS) is 16.5. The van der Waals surface area contributed by atoms with Gasteiger partial charge in [0, 0.05) is 32.7 Å². The Balaban J connectivity index is 0.00000338. The number of amides is 1. The van der Waals surface area contributed by atoms with E-state index in [1.165, 1.54) is 4.90 Å². The second kappa shape index (κ2) is 10.6. The fourth-order valence-corrected chi connectivity index (χ4v) is 2.68. The number of rotatable bonds is 7. The molecule has 1 unspecified atom stereocenters. The summed E-state index contributed by atoms with van der Waals surface area (Å²) < 4.78 is 45.0. The number of aryl methyl sites for hydroxylation is 1. The molecule has 1 aromatic rings. The highest BCUT2D eigenvalue weighted by Crippen LogP contribution is 2.24. The minimum atomic E-state index is -4.39. The lowest BCUT2D eigenvalue weighted by Crippen LogP contribution is -2.57. The van der Waals surface area contributed by atoms with Crippen molar-refractivity contribution < 1.29 is 22.7 Å². The Hall–Kier alpha value is -1.51. The summed E-state index contributed by atoms with van der Waals surface area (Å²) in [5, 5.41) is 5.35. The van der Waals surface area contributed by atoms with Gasteiger partial charge in [0.25, 0.3) is 5.91 Å². The number of carbonyl (C=O) groups excluding carboxylic acids is 1. The van der Waals surface area contributed by atoms with Crippen molar-refractivity contribution in [2.45, 2.75) is 25.6 Å². The minimum Gasteiger partial charge on any atom is -0.484 e. The van der Waals surface area contributed by atoms with Crippen molar-refractivity contribution in [3.63, 3.8) is 0 Å². The third-order valence-corrected chi connectivity index (χ3v) is 4.16. The number of hydrogen-bond acceptors (Lipinski definition) is 4. The quantitative estimate of drug-likeness (QED) is 0.741. The molecule has 1 saturated heterocycles. The van der Waals surface area contributed by atoms with Gasteiger partial charge in [-0.1, -0.05) is 19.1 Å². The van der Waals surface area contributed by atoms with Gasteiger partial charge in [-0.05, 0) is 24.1 Å². The molecule has 26 heavy (non-hydrogen) atoms. The van der Waals surface area contributed by atoms with Gasteiger partial charge in [0.15, 0.2) is 6.61 Å². The highest BCUT2D eigenvalue weighted by Gasteiger charge is 2.43. The minimum absolute atomic E-state index is 0. The molecular weight excluding hydrogens is 371 g/mol. The predicted molar refractivity (Wildman–Crippen MR) is 95.9 cm³/mol. The first kappa shape index (κ1) is 22.5. The van der Waals surface area contributed by atoms with Gasteiger partial charge < -0.3 is 15.4 Å². The summed E-state index contributed by atoms with van der Waals surface area (Å²) in [4.78, 5) is 13.2. The molecule has 1 aliphatic rings. The van der Waals surface area contributed by atoms with Crippen LogP contribution in [0.5, 0.6) is 5.75 Å². The van der Waals surface area contributed by atoms with Crippen LogP contribution in [0.15, 0.2) is 24.3 Å². The van der Waals surface area contributed by atoms with Crippen molar-refractivity contribution in [3.05, 3.63) is 29.8 Å². The largest absolute Gasteiger partial charge is 0.484 e. The molecule has 9 heteroatoms. The number of piperazine rings is 1. The van der Waals surface area contributed by atoms with Crippen LogP contribution in [0.2, 0.25) is 0 Å². The molecule has 1 aromatic carbocycles. The highest BCUT2D eigenvalue weighted by atomic mass is 35.5. The standard InChI is InChI=1S/C17H24F3N3O2.ClH/c1-2-13-3-5-14(6-4-13)25-12-16(24)22-11-15(17(18,19)20)23-9-7-21-8-10-23;/h3-6,15,21H,2,7-12H2,1H3,(H,22,24);1H. The molecule has 0 radical (unpaired) electrons. The van der Waals surface area contributed by atoms with Gasteiger partial charge in [-0.3, -0.25) is 9.69 Å². The number of ether oxygens (including phenoxy) is 1. The van der Waals surface area contributed by atoms with E-state index in [-0.39, 0.29) is 19.0 Å². The van der Waals surface area contributed by atoms with Crippen molar-refractivity contribution in [2.24, 2.45) is 0 Å². The summed E-state index contributed by atoms with van der Waals surface area (Å²) in [7, 11) is 0. The van der Waals surface area contributed by atoms with E-state index in [1.807, 2.05) is 19.1 Å². The maximum absolute atomic E-state index is 13.2. The third kappa shape index (κ3) is 7.01. The van der Waals surface area contributed by atoms with E-state index in [0.29, 0.717) is 31.9 Å². The van der Waals surface area contributed by atoms with Gasteiger partial charge >= 0.3 is 6.18 Å². The molecule has 1 amide bonds. The summed E-state index contributed by atoms with van der Waals surface area (Å²) >= 11 is 0. The Bertz CT molecular complexity index is 549.